The number of halogens is 1. The molecule has 0 aliphatic carbocycles. The van der Waals surface area contributed by atoms with Gasteiger partial charge in [-0.1, -0.05) is 0 Å². The van der Waals surface area contributed by atoms with Crippen LogP contribution >= 0.6 is 0 Å². The van der Waals surface area contributed by atoms with E-state index in [4.69, 9.17) is 5.11 Å². The third-order valence-corrected chi connectivity index (χ3v) is 3.82. The van der Waals surface area contributed by atoms with E-state index in [1.807, 2.05) is 0 Å². The fourth-order valence-electron chi connectivity index (χ4n) is 1.57. The Balaban J connectivity index is 2.24. The van der Waals surface area contributed by atoms with Crippen LogP contribution in [0.3, 0.4) is 0 Å². The topological polar surface area (TPSA) is 72.2 Å². The fourth-order valence-corrected chi connectivity index (χ4v) is 2.63. The Morgan fingerprint density at radius 2 is 2.21 bits per heavy atom. The number of aryl methyl sites for hydroxylation is 1. The first-order chi connectivity index (χ1) is 8.97. The maximum atomic E-state index is 13.2. The van der Waals surface area contributed by atoms with Crippen LogP contribution in [0.2, 0.25) is 0 Å². The van der Waals surface area contributed by atoms with Crippen LogP contribution in [-0.2, 0) is 23.6 Å². The van der Waals surface area contributed by atoms with E-state index < -0.39 is 28.1 Å². The second kappa shape index (κ2) is 5.31. The Bertz CT molecular complexity index is 654. The van der Waals surface area contributed by atoms with Gasteiger partial charge in [0.15, 0.2) is 0 Å². The molecular weight excluding hydrogens is 271 g/mol. The Morgan fingerprint density at radius 1 is 1.47 bits per heavy atom. The van der Waals surface area contributed by atoms with Gasteiger partial charge in [0.1, 0.15) is 5.82 Å². The summed E-state index contributed by atoms with van der Waals surface area (Å²) >= 11 is 0. The predicted molar refractivity (Wildman–Crippen MR) is 66.7 cm³/mol. The van der Waals surface area contributed by atoms with Crippen LogP contribution in [0, 0.1) is 5.82 Å². The highest BCUT2D eigenvalue weighted by Crippen LogP contribution is 2.16. The molecule has 5 nitrogen and oxygen atoms in total. The van der Waals surface area contributed by atoms with Crippen LogP contribution in [0.15, 0.2) is 35.4 Å². The van der Waals surface area contributed by atoms with E-state index in [0.717, 1.165) is 12.1 Å². The molecule has 0 saturated heterocycles. The SMILES string of the molecule is Cn1ccc(CS(=O)c2ccc(F)c(C(=O)O)c2)n1. The van der Waals surface area contributed by atoms with Gasteiger partial charge in [0.25, 0.3) is 0 Å². The van der Waals surface area contributed by atoms with Crippen LogP contribution in [0.4, 0.5) is 4.39 Å². The second-order valence-electron chi connectivity index (χ2n) is 3.92. The molecule has 0 amide bonds. The van der Waals surface area contributed by atoms with Crippen molar-refractivity contribution in [2.24, 2.45) is 7.05 Å². The van der Waals surface area contributed by atoms with Crippen LogP contribution < -0.4 is 0 Å². The summed E-state index contributed by atoms with van der Waals surface area (Å²) in [6, 6.07) is 5.15. The molecule has 0 saturated carbocycles. The lowest BCUT2D eigenvalue weighted by Gasteiger charge is -2.03. The van der Waals surface area contributed by atoms with Crippen LogP contribution in [0.25, 0.3) is 0 Å². The summed E-state index contributed by atoms with van der Waals surface area (Å²) in [5, 5.41) is 12.9. The summed E-state index contributed by atoms with van der Waals surface area (Å²) in [4.78, 5) is 11.1. The van der Waals surface area contributed by atoms with Crippen LogP contribution in [-0.4, -0.2) is 25.1 Å². The van der Waals surface area contributed by atoms with Crippen molar-refractivity contribution < 1.29 is 18.5 Å². The van der Waals surface area contributed by atoms with E-state index >= 15 is 0 Å². The quantitative estimate of drug-likeness (QED) is 0.923. The minimum Gasteiger partial charge on any atom is -0.478 e. The van der Waals surface area contributed by atoms with Crippen molar-refractivity contribution in [3.8, 4) is 0 Å². The van der Waals surface area contributed by atoms with Crippen molar-refractivity contribution in [2.75, 3.05) is 0 Å². The molecule has 0 aliphatic rings. The number of carbonyl (C=O) groups is 1. The Hall–Kier alpha value is -2.02. The van der Waals surface area contributed by atoms with E-state index in [-0.39, 0.29) is 10.6 Å². The molecule has 0 spiro atoms. The van der Waals surface area contributed by atoms with Crippen molar-refractivity contribution in [1.29, 1.82) is 0 Å². The highest BCUT2D eigenvalue weighted by atomic mass is 32.2. The molecule has 1 unspecified atom stereocenters. The second-order valence-corrected chi connectivity index (χ2v) is 5.37. The summed E-state index contributed by atoms with van der Waals surface area (Å²) in [5.74, 6) is -2.06. The highest BCUT2D eigenvalue weighted by molar-refractivity contribution is 7.84. The molecule has 100 valence electrons. The average molecular weight is 282 g/mol. The summed E-state index contributed by atoms with van der Waals surface area (Å²) in [7, 11) is 0.281. The summed E-state index contributed by atoms with van der Waals surface area (Å²) in [6.07, 6.45) is 1.72. The van der Waals surface area contributed by atoms with E-state index in [9.17, 15) is 13.4 Å². The smallest absolute Gasteiger partial charge is 0.338 e. The molecule has 0 aliphatic heterocycles. The number of carboxylic acids is 1. The minimum atomic E-state index is -1.46. The zero-order valence-corrected chi connectivity index (χ0v) is 10.9. The Kier molecular flexibility index (Phi) is 3.75. The molecule has 19 heavy (non-hydrogen) atoms. The Morgan fingerprint density at radius 3 is 2.79 bits per heavy atom. The summed E-state index contributed by atoms with van der Waals surface area (Å²) in [5.41, 5.74) is 0.147. The third kappa shape index (κ3) is 3.05. The molecule has 7 heteroatoms. The van der Waals surface area contributed by atoms with E-state index in [1.165, 1.54) is 6.07 Å². The lowest BCUT2D eigenvalue weighted by molar-refractivity contribution is 0.0691. The van der Waals surface area contributed by atoms with Gasteiger partial charge in [-0.05, 0) is 24.3 Å². The van der Waals surface area contributed by atoms with Gasteiger partial charge in [-0.3, -0.25) is 8.89 Å². The van der Waals surface area contributed by atoms with Crippen molar-refractivity contribution in [2.45, 2.75) is 10.6 Å². The number of nitrogens with zero attached hydrogens (tertiary/aromatic N) is 2. The number of hydrogen-bond donors (Lipinski definition) is 1. The zero-order chi connectivity index (χ0) is 14.0. The molecule has 0 bridgehead atoms. The zero-order valence-electron chi connectivity index (χ0n) is 10.0. The maximum Gasteiger partial charge on any atom is 0.338 e. The number of aromatic carboxylic acids is 1. The van der Waals surface area contributed by atoms with Crippen molar-refractivity contribution in [1.82, 2.24) is 9.78 Å². The molecule has 1 heterocycles. The molecule has 1 aromatic heterocycles. The Labute approximate surface area is 111 Å². The first-order valence-corrected chi connectivity index (χ1v) is 6.69. The van der Waals surface area contributed by atoms with Gasteiger partial charge in [0, 0.05) is 18.1 Å². The van der Waals surface area contributed by atoms with Gasteiger partial charge in [0.2, 0.25) is 0 Å². The van der Waals surface area contributed by atoms with E-state index in [0.29, 0.717) is 5.69 Å². The van der Waals surface area contributed by atoms with Gasteiger partial charge in [0.05, 0.1) is 27.8 Å². The molecule has 1 N–H and O–H groups in total. The van der Waals surface area contributed by atoms with Crippen molar-refractivity contribution >= 4 is 16.8 Å². The lowest BCUT2D eigenvalue weighted by atomic mass is 10.2. The molecule has 1 aromatic carbocycles. The van der Waals surface area contributed by atoms with Gasteiger partial charge in [-0.15, -0.1) is 0 Å². The monoisotopic (exact) mass is 282 g/mol. The average Bonchev–Trinajstić information content (AvgIpc) is 2.74. The van der Waals surface area contributed by atoms with Crippen LogP contribution in [0.1, 0.15) is 16.1 Å². The number of benzene rings is 1. The molecule has 1 atom stereocenters. The standard InChI is InChI=1S/C12H11FN2O3S/c1-15-5-4-8(14-15)7-19(18)9-2-3-11(13)10(6-9)12(16)17/h2-6H,7H2,1H3,(H,16,17). The van der Waals surface area contributed by atoms with Gasteiger partial charge in [-0.2, -0.15) is 5.10 Å². The number of carboxylic acid groups (broad SMARTS) is 1. The summed E-state index contributed by atoms with van der Waals surface area (Å²) < 4.78 is 26.9. The minimum absolute atomic E-state index is 0.158. The lowest BCUT2D eigenvalue weighted by Crippen LogP contribution is -2.04. The molecule has 2 aromatic rings. The number of aromatic nitrogens is 2. The largest absolute Gasteiger partial charge is 0.478 e. The highest BCUT2D eigenvalue weighted by Gasteiger charge is 2.14. The van der Waals surface area contributed by atoms with Crippen molar-refractivity contribution in [3.63, 3.8) is 0 Å². The fraction of sp³-hybridized carbons (Fsp3) is 0.167. The number of rotatable bonds is 4. The van der Waals surface area contributed by atoms with E-state index in [2.05, 4.69) is 5.10 Å². The summed E-state index contributed by atoms with van der Waals surface area (Å²) in [6.45, 7) is 0. The first kappa shape index (κ1) is 13.4. The molecule has 2 rings (SSSR count). The number of hydrogen-bond acceptors (Lipinski definition) is 3. The maximum absolute atomic E-state index is 13.2. The third-order valence-electron chi connectivity index (χ3n) is 2.48. The van der Waals surface area contributed by atoms with Gasteiger partial charge < -0.3 is 5.11 Å². The van der Waals surface area contributed by atoms with Gasteiger partial charge >= 0.3 is 5.97 Å². The molecule has 0 radical (unpaired) electrons. The predicted octanol–water partition coefficient (Wildman–Crippen LogP) is 1.57. The van der Waals surface area contributed by atoms with E-state index in [1.54, 1.807) is 24.0 Å². The molecule has 0 fully saturated rings. The van der Waals surface area contributed by atoms with Crippen molar-refractivity contribution in [3.05, 3.63) is 47.5 Å². The molecular formula is C12H11FN2O3S. The normalized spacial score (nSPS) is 12.3. The van der Waals surface area contributed by atoms with Gasteiger partial charge in [-0.25, -0.2) is 9.18 Å². The first-order valence-electron chi connectivity index (χ1n) is 5.37. The van der Waals surface area contributed by atoms with Crippen LogP contribution in [0.5, 0.6) is 0 Å².